The molecule has 0 spiro atoms. The normalized spacial score (nSPS) is 10.8. The number of amides is 1. The zero-order valence-electron chi connectivity index (χ0n) is 11.8. The second-order valence-corrected chi connectivity index (χ2v) is 5.69. The van der Waals surface area contributed by atoms with Gasteiger partial charge in [-0.1, -0.05) is 6.07 Å². The van der Waals surface area contributed by atoms with E-state index in [1.165, 1.54) is 0 Å². The van der Waals surface area contributed by atoms with Gasteiger partial charge in [0.05, 0.1) is 16.3 Å². The number of aromatic amines is 1. The molecule has 0 aliphatic rings. The number of hydrogen-bond acceptors (Lipinski definition) is 4. The van der Waals surface area contributed by atoms with Crippen LogP contribution < -0.4 is 5.32 Å². The second-order valence-electron chi connectivity index (χ2n) is 4.74. The van der Waals surface area contributed by atoms with Gasteiger partial charge in [-0.05, 0) is 24.4 Å². The number of hydrogen-bond donors (Lipinski definition) is 2. The van der Waals surface area contributed by atoms with E-state index in [0.717, 1.165) is 21.8 Å². The van der Waals surface area contributed by atoms with Crippen LogP contribution in [0.5, 0.6) is 0 Å². The molecule has 3 heterocycles. The summed E-state index contributed by atoms with van der Waals surface area (Å²) in [6.07, 6.45) is 1.90. The zero-order valence-corrected chi connectivity index (χ0v) is 12.6. The van der Waals surface area contributed by atoms with Crippen LogP contribution in [-0.2, 0) is 13.6 Å². The molecular weight excluding hydrogens is 286 g/mol. The summed E-state index contributed by atoms with van der Waals surface area (Å²) in [7, 11) is 1.86. The average molecular weight is 301 g/mol. The molecular formula is C14H15N5OS. The van der Waals surface area contributed by atoms with Crippen molar-refractivity contribution in [2.75, 3.05) is 0 Å². The van der Waals surface area contributed by atoms with Crippen molar-refractivity contribution >= 4 is 17.2 Å². The van der Waals surface area contributed by atoms with E-state index < -0.39 is 0 Å². The molecule has 6 nitrogen and oxygen atoms in total. The standard InChI is InChI=1S/C14H15N5OS/c1-9-10(8-19(2)18-9)7-15-14(20)12-6-11(16-17-12)13-4-3-5-21-13/h3-6,8H,7H2,1-2H3,(H,15,20)(H,16,17). The third-order valence-corrected chi connectivity index (χ3v) is 4.05. The van der Waals surface area contributed by atoms with E-state index in [1.807, 2.05) is 37.7 Å². The quantitative estimate of drug-likeness (QED) is 0.775. The topological polar surface area (TPSA) is 75.6 Å². The Morgan fingerprint density at radius 2 is 2.38 bits per heavy atom. The summed E-state index contributed by atoms with van der Waals surface area (Å²) in [6.45, 7) is 2.37. The highest BCUT2D eigenvalue weighted by Crippen LogP contribution is 2.22. The number of H-pyrrole nitrogens is 1. The van der Waals surface area contributed by atoms with E-state index in [4.69, 9.17) is 0 Å². The molecule has 3 aromatic rings. The molecule has 1 amide bonds. The molecule has 0 atom stereocenters. The van der Waals surface area contributed by atoms with Gasteiger partial charge < -0.3 is 5.32 Å². The smallest absolute Gasteiger partial charge is 0.272 e. The van der Waals surface area contributed by atoms with Crippen LogP contribution in [0, 0.1) is 6.92 Å². The highest BCUT2D eigenvalue weighted by Gasteiger charge is 2.12. The fourth-order valence-corrected chi connectivity index (χ4v) is 2.78. The molecule has 0 aliphatic heterocycles. The van der Waals surface area contributed by atoms with Crippen LogP contribution in [0.1, 0.15) is 21.7 Å². The summed E-state index contributed by atoms with van der Waals surface area (Å²) in [6, 6.07) is 5.71. The largest absolute Gasteiger partial charge is 0.346 e. The summed E-state index contributed by atoms with van der Waals surface area (Å²) in [4.78, 5) is 13.2. The minimum atomic E-state index is -0.197. The van der Waals surface area contributed by atoms with Crippen LogP contribution in [0.3, 0.4) is 0 Å². The molecule has 2 N–H and O–H groups in total. The van der Waals surface area contributed by atoms with Crippen molar-refractivity contribution in [2.24, 2.45) is 7.05 Å². The molecule has 0 radical (unpaired) electrons. The molecule has 0 fully saturated rings. The van der Waals surface area contributed by atoms with E-state index in [9.17, 15) is 4.79 Å². The number of aromatic nitrogens is 4. The van der Waals surface area contributed by atoms with Gasteiger partial charge in [-0.3, -0.25) is 14.6 Å². The highest BCUT2D eigenvalue weighted by atomic mass is 32.1. The van der Waals surface area contributed by atoms with E-state index in [0.29, 0.717) is 12.2 Å². The van der Waals surface area contributed by atoms with Crippen LogP contribution in [0.2, 0.25) is 0 Å². The highest BCUT2D eigenvalue weighted by molar-refractivity contribution is 7.13. The summed E-state index contributed by atoms with van der Waals surface area (Å²) in [5.41, 5.74) is 3.16. The first kappa shape index (κ1) is 13.6. The molecule has 0 aromatic carbocycles. The van der Waals surface area contributed by atoms with Gasteiger partial charge in [0.2, 0.25) is 0 Å². The van der Waals surface area contributed by atoms with Crippen molar-refractivity contribution in [3.05, 3.63) is 46.7 Å². The Kier molecular flexibility index (Phi) is 3.57. The lowest BCUT2D eigenvalue weighted by atomic mass is 10.2. The third kappa shape index (κ3) is 2.87. The average Bonchev–Trinajstić information content (AvgIpc) is 3.16. The molecule has 21 heavy (non-hydrogen) atoms. The van der Waals surface area contributed by atoms with E-state index in [1.54, 1.807) is 22.1 Å². The van der Waals surface area contributed by atoms with Crippen molar-refractivity contribution in [3.63, 3.8) is 0 Å². The van der Waals surface area contributed by atoms with E-state index in [2.05, 4.69) is 20.6 Å². The Bertz CT molecular complexity index is 756. The van der Waals surface area contributed by atoms with Crippen LogP contribution in [0.4, 0.5) is 0 Å². The first-order valence-electron chi connectivity index (χ1n) is 6.50. The predicted molar refractivity (Wildman–Crippen MR) is 81.0 cm³/mol. The maximum Gasteiger partial charge on any atom is 0.272 e. The monoisotopic (exact) mass is 301 g/mol. The molecule has 108 valence electrons. The Labute approximate surface area is 125 Å². The van der Waals surface area contributed by atoms with Crippen molar-refractivity contribution in [2.45, 2.75) is 13.5 Å². The van der Waals surface area contributed by atoms with Gasteiger partial charge in [0.1, 0.15) is 0 Å². The fourth-order valence-electron chi connectivity index (χ4n) is 2.08. The summed E-state index contributed by atoms with van der Waals surface area (Å²) >= 11 is 1.60. The van der Waals surface area contributed by atoms with Crippen molar-refractivity contribution in [1.82, 2.24) is 25.3 Å². The molecule has 0 bridgehead atoms. The molecule has 3 aromatic heterocycles. The molecule has 0 unspecified atom stereocenters. The minimum Gasteiger partial charge on any atom is -0.346 e. The molecule has 3 rings (SSSR count). The van der Waals surface area contributed by atoms with Gasteiger partial charge in [-0.15, -0.1) is 11.3 Å². The fraction of sp³-hybridized carbons (Fsp3) is 0.214. The van der Waals surface area contributed by atoms with Crippen LogP contribution in [0.25, 0.3) is 10.6 Å². The van der Waals surface area contributed by atoms with Gasteiger partial charge in [0.15, 0.2) is 5.69 Å². The summed E-state index contributed by atoms with van der Waals surface area (Å²) in [5, 5.41) is 16.0. The number of aryl methyl sites for hydroxylation is 2. The van der Waals surface area contributed by atoms with Crippen molar-refractivity contribution < 1.29 is 4.79 Å². The lowest BCUT2D eigenvalue weighted by Gasteiger charge is -2.01. The zero-order chi connectivity index (χ0) is 14.8. The lowest BCUT2D eigenvalue weighted by Crippen LogP contribution is -2.23. The third-order valence-electron chi connectivity index (χ3n) is 3.15. The summed E-state index contributed by atoms with van der Waals surface area (Å²) < 4.78 is 1.74. The molecule has 0 saturated heterocycles. The number of carbonyl (C=O) groups is 1. The first-order chi connectivity index (χ1) is 10.1. The van der Waals surface area contributed by atoms with Crippen molar-refractivity contribution in [3.8, 4) is 10.6 Å². The van der Waals surface area contributed by atoms with Crippen LogP contribution in [0.15, 0.2) is 29.8 Å². The number of nitrogens with zero attached hydrogens (tertiary/aromatic N) is 3. The van der Waals surface area contributed by atoms with E-state index >= 15 is 0 Å². The first-order valence-corrected chi connectivity index (χ1v) is 7.38. The van der Waals surface area contributed by atoms with Crippen LogP contribution >= 0.6 is 11.3 Å². The maximum atomic E-state index is 12.1. The van der Waals surface area contributed by atoms with Crippen LogP contribution in [-0.4, -0.2) is 25.9 Å². The Hall–Kier alpha value is -2.41. The molecule has 7 heteroatoms. The number of thiophene rings is 1. The van der Waals surface area contributed by atoms with Crippen molar-refractivity contribution in [1.29, 1.82) is 0 Å². The van der Waals surface area contributed by atoms with Gasteiger partial charge in [0, 0.05) is 25.4 Å². The summed E-state index contributed by atoms with van der Waals surface area (Å²) in [5.74, 6) is -0.197. The number of carbonyl (C=O) groups excluding carboxylic acids is 1. The van der Waals surface area contributed by atoms with Gasteiger partial charge >= 0.3 is 0 Å². The minimum absolute atomic E-state index is 0.197. The predicted octanol–water partition coefficient (Wildman–Crippen LogP) is 2.11. The maximum absolute atomic E-state index is 12.1. The number of nitrogens with one attached hydrogen (secondary N) is 2. The molecule has 0 saturated carbocycles. The Morgan fingerprint density at radius 3 is 3.05 bits per heavy atom. The SMILES string of the molecule is Cc1nn(C)cc1CNC(=O)c1cc(-c2cccs2)[nH]n1. The van der Waals surface area contributed by atoms with Gasteiger partial charge in [0.25, 0.3) is 5.91 Å². The number of rotatable bonds is 4. The Balaban J connectivity index is 1.67. The van der Waals surface area contributed by atoms with Gasteiger partial charge in [-0.2, -0.15) is 10.2 Å². The lowest BCUT2D eigenvalue weighted by molar-refractivity contribution is 0.0946. The van der Waals surface area contributed by atoms with E-state index in [-0.39, 0.29) is 5.91 Å². The van der Waals surface area contributed by atoms with Gasteiger partial charge in [-0.25, -0.2) is 0 Å². The second kappa shape index (κ2) is 5.53. The Morgan fingerprint density at radius 1 is 1.52 bits per heavy atom. The molecule has 0 aliphatic carbocycles.